The largest absolute Gasteiger partial charge is 0.475 e. The van der Waals surface area contributed by atoms with Gasteiger partial charge in [-0.25, -0.2) is 9.78 Å². The minimum Gasteiger partial charge on any atom is -0.475 e. The van der Waals surface area contributed by atoms with Crippen LogP contribution in [0.1, 0.15) is 16.3 Å². The number of fused-ring (bicyclic) bond motifs is 1. The van der Waals surface area contributed by atoms with E-state index in [1.807, 2.05) is 42.5 Å². The average Bonchev–Trinajstić information content (AvgIpc) is 2.85. The molecular formula is C15H13N3O2. The first-order chi connectivity index (χ1) is 9.75. The van der Waals surface area contributed by atoms with Gasteiger partial charge in [-0.05, 0) is 24.3 Å². The molecule has 0 aliphatic rings. The van der Waals surface area contributed by atoms with E-state index in [-0.39, 0.29) is 5.82 Å². The third kappa shape index (κ3) is 2.21. The molecule has 0 radical (unpaired) electrons. The molecule has 20 heavy (non-hydrogen) atoms. The lowest BCUT2D eigenvalue weighted by atomic mass is 10.3. The summed E-state index contributed by atoms with van der Waals surface area (Å²) in [5.41, 5.74) is 2.49. The lowest BCUT2D eigenvalue weighted by molar-refractivity contribution is 0.0682. The number of carboxylic acids is 1. The van der Waals surface area contributed by atoms with Crippen molar-refractivity contribution in [1.29, 1.82) is 0 Å². The summed E-state index contributed by atoms with van der Waals surface area (Å²) in [5, 5.41) is 12.4. The number of para-hydroxylation sites is 1. The number of pyridine rings is 1. The first kappa shape index (κ1) is 12.2. The van der Waals surface area contributed by atoms with Crippen LogP contribution in [0.15, 0.2) is 54.7 Å². The fraction of sp³-hybridized carbons (Fsp3) is 0.0667. The molecule has 0 fully saturated rings. The third-order valence-corrected chi connectivity index (χ3v) is 3.05. The zero-order valence-electron chi connectivity index (χ0n) is 10.7. The number of nitrogens with zero attached hydrogens (tertiary/aromatic N) is 2. The van der Waals surface area contributed by atoms with Gasteiger partial charge in [0.1, 0.15) is 0 Å². The molecule has 0 amide bonds. The van der Waals surface area contributed by atoms with E-state index in [2.05, 4.69) is 10.3 Å². The summed E-state index contributed by atoms with van der Waals surface area (Å²) in [4.78, 5) is 15.4. The molecule has 0 aliphatic heterocycles. The maximum absolute atomic E-state index is 11.2. The third-order valence-electron chi connectivity index (χ3n) is 3.05. The number of carboxylic acid groups (broad SMARTS) is 1. The normalized spacial score (nSPS) is 10.6. The molecule has 0 saturated carbocycles. The molecule has 0 saturated heterocycles. The van der Waals surface area contributed by atoms with E-state index in [9.17, 15) is 9.90 Å². The molecule has 3 rings (SSSR count). The fourth-order valence-corrected chi connectivity index (χ4v) is 2.12. The van der Waals surface area contributed by atoms with Gasteiger partial charge < -0.3 is 10.4 Å². The van der Waals surface area contributed by atoms with Crippen LogP contribution in [0.25, 0.3) is 5.52 Å². The molecule has 0 spiro atoms. The molecule has 1 aromatic carbocycles. The smallest absolute Gasteiger partial charge is 0.372 e. The minimum atomic E-state index is -1.03. The molecule has 2 heterocycles. The highest BCUT2D eigenvalue weighted by Gasteiger charge is 2.15. The predicted octanol–water partition coefficient (Wildman–Crippen LogP) is 2.64. The number of benzene rings is 1. The van der Waals surface area contributed by atoms with E-state index in [4.69, 9.17) is 0 Å². The lowest BCUT2D eigenvalue weighted by Crippen LogP contribution is -2.03. The van der Waals surface area contributed by atoms with Crippen LogP contribution < -0.4 is 5.32 Å². The van der Waals surface area contributed by atoms with Gasteiger partial charge in [0.25, 0.3) is 0 Å². The molecule has 0 atom stereocenters. The number of hydrogen-bond acceptors (Lipinski definition) is 3. The van der Waals surface area contributed by atoms with Crippen molar-refractivity contribution < 1.29 is 9.90 Å². The summed E-state index contributed by atoms with van der Waals surface area (Å²) < 4.78 is 1.59. The van der Waals surface area contributed by atoms with Gasteiger partial charge in [-0.3, -0.25) is 4.40 Å². The fourth-order valence-electron chi connectivity index (χ4n) is 2.12. The van der Waals surface area contributed by atoms with Crippen molar-refractivity contribution >= 4 is 17.2 Å². The van der Waals surface area contributed by atoms with E-state index in [1.165, 1.54) is 0 Å². The van der Waals surface area contributed by atoms with Crippen LogP contribution in [0, 0.1) is 0 Å². The first-order valence-corrected chi connectivity index (χ1v) is 6.24. The Morgan fingerprint density at radius 3 is 2.65 bits per heavy atom. The number of nitrogens with one attached hydrogen (secondary N) is 1. The number of aromatic carboxylic acids is 1. The molecule has 2 N–H and O–H groups in total. The average molecular weight is 267 g/mol. The maximum atomic E-state index is 11.2. The molecule has 0 unspecified atom stereocenters. The monoisotopic (exact) mass is 267 g/mol. The Morgan fingerprint density at radius 2 is 1.90 bits per heavy atom. The zero-order chi connectivity index (χ0) is 13.9. The molecule has 0 aliphatic carbocycles. The lowest BCUT2D eigenvalue weighted by Gasteiger charge is -2.04. The zero-order valence-corrected chi connectivity index (χ0v) is 10.7. The van der Waals surface area contributed by atoms with Gasteiger partial charge in [-0.2, -0.15) is 0 Å². The van der Waals surface area contributed by atoms with Gasteiger partial charge in [-0.15, -0.1) is 0 Å². The standard InChI is InChI=1S/C15H13N3O2/c19-15(20)14-17-12(13-8-4-5-9-18(13)14)10-16-11-6-2-1-3-7-11/h1-9,16H,10H2,(H,19,20). The second-order valence-electron chi connectivity index (χ2n) is 4.36. The quantitative estimate of drug-likeness (QED) is 0.762. The maximum Gasteiger partial charge on any atom is 0.372 e. The number of aromatic nitrogens is 2. The van der Waals surface area contributed by atoms with Crippen LogP contribution in [0.3, 0.4) is 0 Å². The highest BCUT2D eigenvalue weighted by molar-refractivity contribution is 5.85. The second kappa shape index (κ2) is 5.05. The summed E-state index contributed by atoms with van der Waals surface area (Å²) in [7, 11) is 0. The molecule has 100 valence electrons. The van der Waals surface area contributed by atoms with Crippen LogP contribution in [0.5, 0.6) is 0 Å². The molecule has 3 aromatic rings. The van der Waals surface area contributed by atoms with Crippen LogP contribution >= 0.6 is 0 Å². The Kier molecular flexibility index (Phi) is 3.09. The van der Waals surface area contributed by atoms with Crippen LogP contribution in [0.4, 0.5) is 5.69 Å². The van der Waals surface area contributed by atoms with Crippen molar-refractivity contribution in [3.8, 4) is 0 Å². The highest BCUT2D eigenvalue weighted by atomic mass is 16.4. The summed E-state index contributed by atoms with van der Waals surface area (Å²) in [6, 6.07) is 15.3. The minimum absolute atomic E-state index is 0.0328. The van der Waals surface area contributed by atoms with E-state index < -0.39 is 5.97 Å². The van der Waals surface area contributed by atoms with Crippen molar-refractivity contribution in [3.05, 3.63) is 66.2 Å². The number of hydrogen-bond donors (Lipinski definition) is 2. The number of carbonyl (C=O) groups is 1. The van der Waals surface area contributed by atoms with Gasteiger partial charge in [0, 0.05) is 11.9 Å². The number of rotatable bonds is 4. The van der Waals surface area contributed by atoms with Gasteiger partial charge in [0.05, 0.1) is 17.8 Å². The first-order valence-electron chi connectivity index (χ1n) is 6.24. The van der Waals surface area contributed by atoms with E-state index >= 15 is 0 Å². The molecule has 0 bridgehead atoms. The van der Waals surface area contributed by atoms with E-state index in [1.54, 1.807) is 16.7 Å². The van der Waals surface area contributed by atoms with Crippen molar-refractivity contribution in [2.24, 2.45) is 0 Å². The van der Waals surface area contributed by atoms with Gasteiger partial charge in [-0.1, -0.05) is 24.3 Å². The second-order valence-corrected chi connectivity index (χ2v) is 4.36. The SMILES string of the molecule is O=C(O)c1nc(CNc2ccccc2)c2ccccn12. The van der Waals surface area contributed by atoms with E-state index in [0.29, 0.717) is 12.2 Å². The van der Waals surface area contributed by atoms with Gasteiger partial charge in [0.2, 0.25) is 5.82 Å². The Labute approximate surface area is 115 Å². The predicted molar refractivity (Wildman–Crippen MR) is 75.9 cm³/mol. The highest BCUT2D eigenvalue weighted by Crippen LogP contribution is 2.15. The van der Waals surface area contributed by atoms with Crippen molar-refractivity contribution in [3.63, 3.8) is 0 Å². The molecular weight excluding hydrogens is 254 g/mol. The van der Waals surface area contributed by atoms with Crippen molar-refractivity contribution in [2.75, 3.05) is 5.32 Å². The Balaban J connectivity index is 1.94. The topological polar surface area (TPSA) is 66.6 Å². The summed E-state index contributed by atoms with van der Waals surface area (Å²) >= 11 is 0. The van der Waals surface area contributed by atoms with Gasteiger partial charge >= 0.3 is 5.97 Å². The molecule has 5 heteroatoms. The van der Waals surface area contributed by atoms with Crippen LogP contribution in [-0.2, 0) is 6.54 Å². The van der Waals surface area contributed by atoms with Gasteiger partial charge in [0.15, 0.2) is 0 Å². The Hall–Kier alpha value is -2.82. The van der Waals surface area contributed by atoms with E-state index in [0.717, 1.165) is 11.2 Å². The number of imidazole rings is 1. The molecule has 2 aromatic heterocycles. The Morgan fingerprint density at radius 1 is 1.15 bits per heavy atom. The molecule has 5 nitrogen and oxygen atoms in total. The van der Waals surface area contributed by atoms with Crippen LogP contribution in [0.2, 0.25) is 0 Å². The van der Waals surface area contributed by atoms with Crippen molar-refractivity contribution in [2.45, 2.75) is 6.54 Å². The number of anilines is 1. The summed E-state index contributed by atoms with van der Waals surface area (Å²) in [6.07, 6.45) is 1.71. The Bertz CT molecular complexity index is 750. The van der Waals surface area contributed by atoms with Crippen molar-refractivity contribution in [1.82, 2.24) is 9.38 Å². The summed E-state index contributed by atoms with van der Waals surface area (Å²) in [5.74, 6) is -0.998. The summed E-state index contributed by atoms with van der Waals surface area (Å²) in [6.45, 7) is 0.477. The van der Waals surface area contributed by atoms with Crippen LogP contribution in [-0.4, -0.2) is 20.5 Å².